The molecule has 0 unspecified atom stereocenters. The molecule has 0 atom stereocenters. The van der Waals surface area contributed by atoms with Crippen molar-refractivity contribution in [3.05, 3.63) is 60.0 Å². The third-order valence-electron chi connectivity index (χ3n) is 4.23. The number of halogens is 2. The Morgan fingerprint density at radius 2 is 2.24 bits per heavy atom. The van der Waals surface area contributed by atoms with E-state index < -0.39 is 0 Å². The van der Waals surface area contributed by atoms with Gasteiger partial charge in [0.2, 0.25) is 0 Å². The maximum atomic E-state index is 13.0. The van der Waals surface area contributed by atoms with E-state index in [9.17, 15) is 4.79 Å². The molecule has 0 saturated heterocycles. The Morgan fingerprint density at radius 1 is 1.38 bits per heavy atom. The number of fused-ring (bicyclic) bond motifs is 1. The molecule has 0 radical (unpaired) electrons. The van der Waals surface area contributed by atoms with Crippen LogP contribution < -0.4 is 9.64 Å². The Labute approximate surface area is 182 Å². The summed E-state index contributed by atoms with van der Waals surface area (Å²) in [7, 11) is 1.58. The molecule has 10 heteroatoms. The van der Waals surface area contributed by atoms with E-state index in [1.165, 1.54) is 17.6 Å². The second-order valence-corrected chi connectivity index (χ2v) is 7.40. The fourth-order valence-electron chi connectivity index (χ4n) is 2.87. The van der Waals surface area contributed by atoms with Gasteiger partial charge in [0.1, 0.15) is 11.3 Å². The average molecular weight is 453 g/mol. The second-order valence-electron chi connectivity index (χ2n) is 6.01. The van der Waals surface area contributed by atoms with Gasteiger partial charge >= 0.3 is 0 Å². The Hall–Kier alpha value is -2.55. The highest BCUT2D eigenvalue weighted by molar-refractivity contribution is 7.23. The highest BCUT2D eigenvalue weighted by atomic mass is 35.5. The number of methoxy groups -OCH3 is 1. The van der Waals surface area contributed by atoms with Crippen molar-refractivity contribution < 1.29 is 13.9 Å². The van der Waals surface area contributed by atoms with Gasteiger partial charge in [-0.1, -0.05) is 22.9 Å². The number of rotatable bonds is 7. The third-order valence-corrected chi connectivity index (χ3v) is 5.77. The number of ether oxygens (including phenoxy) is 1. The molecule has 29 heavy (non-hydrogen) atoms. The van der Waals surface area contributed by atoms with Gasteiger partial charge in [0.05, 0.1) is 29.4 Å². The SMILES string of the molecule is COc1ccc(Cl)c2sc(N(CCCn3ccnc3)C(=O)c3ccco3)nc12.Cl. The first-order valence-electron chi connectivity index (χ1n) is 8.61. The summed E-state index contributed by atoms with van der Waals surface area (Å²) in [6.07, 6.45) is 7.58. The predicted octanol–water partition coefficient (Wildman–Crippen LogP) is 4.91. The number of hydrogen-bond donors (Lipinski definition) is 0. The Balaban J connectivity index is 0.00000240. The molecule has 0 fully saturated rings. The van der Waals surface area contributed by atoms with Crippen molar-refractivity contribution in [1.29, 1.82) is 0 Å². The van der Waals surface area contributed by atoms with E-state index in [1.54, 1.807) is 48.8 Å². The minimum absolute atomic E-state index is 0. The predicted molar refractivity (Wildman–Crippen MR) is 116 cm³/mol. The molecule has 3 aromatic heterocycles. The van der Waals surface area contributed by atoms with Crippen LogP contribution >= 0.6 is 35.3 Å². The van der Waals surface area contributed by atoms with Crippen LogP contribution in [-0.4, -0.2) is 34.1 Å². The molecule has 0 saturated carbocycles. The zero-order valence-corrected chi connectivity index (χ0v) is 17.8. The summed E-state index contributed by atoms with van der Waals surface area (Å²) in [5, 5.41) is 1.12. The van der Waals surface area contributed by atoms with Crippen molar-refractivity contribution in [2.24, 2.45) is 0 Å². The molecule has 0 bridgehead atoms. The Bertz CT molecular complexity index is 1080. The lowest BCUT2D eigenvalue weighted by atomic mass is 10.3. The van der Waals surface area contributed by atoms with Crippen LogP contribution in [0, 0.1) is 0 Å². The molecular formula is C19H18Cl2N4O3S. The molecule has 4 aromatic rings. The number of amides is 1. The molecule has 152 valence electrons. The number of thiazole rings is 1. The fourth-order valence-corrected chi connectivity index (χ4v) is 4.15. The number of aromatic nitrogens is 3. The second kappa shape index (κ2) is 9.30. The lowest BCUT2D eigenvalue weighted by Crippen LogP contribution is -2.32. The summed E-state index contributed by atoms with van der Waals surface area (Å²) in [5.41, 5.74) is 0.641. The van der Waals surface area contributed by atoms with Gasteiger partial charge in [-0.25, -0.2) is 9.97 Å². The summed E-state index contributed by atoms with van der Waals surface area (Å²) in [4.78, 5) is 23.3. The van der Waals surface area contributed by atoms with Gasteiger partial charge in [-0.2, -0.15) is 0 Å². The molecule has 3 heterocycles. The molecule has 1 aromatic carbocycles. The van der Waals surface area contributed by atoms with Gasteiger partial charge in [-0.15, -0.1) is 12.4 Å². The monoisotopic (exact) mass is 452 g/mol. The van der Waals surface area contributed by atoms with Crippen molar-refractivity contribution in [1.82, 2.24) is 14.5 Å². The Morgan fingerprint density at radius 3 is 2.93 bits per heavy atom. The number of furan rings is 1. The lowest BCUT2D eigenvalue weighted by molar-refractivity contribution is 0.0959. The Kier molecular flexibility index (Phi) is 6.79. The first kappa shape index (κ1) is 21.2. The number of imidazole rings is 1. The van der Waals surface area contributed by atoms with E-state index in [2.05, 4.69) is 9.97 Å². The van der Waals surface area contributed by atoms with E-state index >= 15 is 0 Å². The van der Waals surface area contributed by atoms with Gasteiger partial charge < -0.3 is 13.7 Å². The van der Waals surface area contributed by atoms with Gasteiger partial charge in [-0.05, 0) is 30.7 Å². The summed E-state index contributed by atoms with van der Waals surface area (Å²) in [5.74, 6) is 0.635. The maximum Gasteiger partial charge on any atom is 0.295 e. The minimum Gasteiger partial charge on any atom is -0.494 e. The maximum absolute atomic E-state index is 13.0. The van der Waals surface area contributed by atoms with E-state index in [-0.39, 0.29) is 24.1 Å². The quantitative estimate of drug-likeness (QED) is 0.398. The average Bonchev–Trinajstić information content (AvgIpc) is 3.47. The zero-order chi connectivity index (χ0) is 19.5. The molecule has 7 nitrogen and oxygen atoms in total. The van der Waals surface area contributed by atoms with Crippen molar-refractivity contribution in [3.8, 4) is 5.75 Å². The molecular weight excluding hydrogens is 435 g/mol. The molecule has 0 N–H and O–H groups in total. The van der Waals surface area contributed by atoms with Crippen LogP contribution in [0.15, 0.2) is 53.7 Å². The number of nitrogens with zero attached hydrogens (tertiary/aromatic N) is 4. The van der Waals surface area contributed by atoms with Crippen LogP contribution in [-0.2, 0) is 6.54 Å². The number of hydrogen-bond acceptors (Lipinski definition) is 6. The normalized spacial score (nSPS) is 10.7. The van der Waals surface area contributed by atoms with Gasteiger partial charge in [0, 0.05) is 25.5 Å². The topological polar surface area (TPSA) is 73.4 Å². The van der Waals surface area contributed by atoms with Gasteiger partial charge in [-0.3, -0.25) is 9.69 Å². The summed E-state index contributed by atoms with van der Waals surface area (Å²) >= 11 is 7.69. The lowest BCUT2D eigenvalue weighted by Gasteiger charge is -2.18. The summed E-state index contributed by atoms with van der Waals surface area (Å²) in [6.45, 7) is 1.20. The number of carbonyl (C=O) groups excluding carboxylic acids is 1. The van der Waals surface area contributed by atoms with Crippen molar-refractivity contribution >= 4 is 56.6 Å². The van der Waals surface area contributed by atoms with Crippen molar-refractivity contribution in [2.75, 3.05) is 18.6 Å². The van der Waals surface area contributed by atoms with Crippen LogP contribution in [0.3, 0.4) is 0 Å². The molecule has 0 aliphatic heterocycles. The van der Waals surface area contributed by atoms with Gasteiger partial charge in [0.25, 0.3) is 5.91 Å². The molecule has 0 spiro atoms. The minimum atomic E-state index is -0.246. The highest BCUT2D eigenvalue weighted by Crippen LogP contribution is 2.39. The highest BCUT2D eigenvalue weighted by Gasteiger charge is 2.24. The van der Waals surface area contributed by atoms with E-state index in [0.29, 0.717) is 28.0 Å². The number of anilines is 1. The molecule has 4 rings (SSSR count). The fraction of sp³-hybridized carbons (Fsp3) is 0.211. The molecule has 0 aliphatic carbocycles. The number of aryl methyl sites for hydroxylation is 1. The van der Waals surface area contributed by atoms with Crippen LogP contribution in [0.1, 0.15) is 17.0 Å². The number of benzene rings is 1. The van der Waals surface area contributed by atoms with Crippen LogP contribution in [0.5, 0.6) is 5.75 Å². The van der Waals surface area contributed by atoms with Crippen LogP contribution in [0.4, 0.5) is 5.13 Å². The number of carbonyl (C=O) groups is 1. The van der Waals surface area contributed by atoms with E-state index in [0.717, 1.165) is 17.7 Å². The third kappa shape index (κ3) is 4.39. The summed E-state index contributed by atoms with van der Waals surface area (Å²) in [6, 6.07) is 6.87. The zero-order valence-electron chi connectivity index (χ0n) is 15.4. The standard InChI is InChI=1S/C19H17ClN4O3S.ClH/c1-26-14-6-5-13(20)17-16(14)22-19(28-17)24(18(25)15-4-2-11-27-15)9-3-8-23-10-7-21-12-23;/h2,4-7,10-12H,3,8-9H2,1H3;1H. The largest absolute Gasteiger partial charge is 0.494 e. The smallest absolute Gasteiger partial charge is 0.295 e. The van der Waals surface area contributed by atoms with E-state index in [1.807, 2.05) is 10.8 Å². The van der Waals surface area contributed by atoms with Crippen molar-refractivity contribution in [3.63, 3.8) is 0 Å². The van der Waals surface area contributed by atoms with Gasteiger partial charge in [0.15, 0.2) is 10.9 Å². The van der Waals surface area contributed by atoms with E-state index in [4.69, 9.17) is 20.8 Å². The van der Waals surface area contributed by atoms with Crippen molar-refractivity contribution in [2.45, 2.75) is 13.0 Å². The van der Waals surface area contributed by atoms with Crippen LogP contribution in [0.25, 0.3) is 10.2 Å². The molecule has 0 aliphatic rings. The molecule has 1 amide bonds. The van der Waals surface area contributed by atoms with Crippen LogP contribution in [0.2, 0.25) is 5.02 Å². The summed E-state index contributed by atoms with van der Waals surface area (Å²) < 4.78 is 13.5. The first-order valence-corrected chi connectivity index (χ1v) is 9.81. The first-order chi connectivity index (χ1) is 13.7.